The van der Waals surface area contributed by atoms with Crippen molar-refractivity contribution in [3.8, 4) is 0 Å². The van der Waals surface area contributed by atoms with Crippen molar-refractivity contribution in [1.82, 2.24) is 15.0 Å². The summed E-state index contributed by atoms with van der Waals surface area (Å²) in [6, 6.07) is 2.06. The first-order chi connectivity index (χ1) is 11.6. The van der Waals surface area contributed by atoms with E-state index < -0.39 is 0 Å². The summed E-state index contributed by atoms with van der Waals surface area (Å²) in [4.78, 5) is 5.05. The van der Waals surface area contributed by atoms with Crippen LogP contribution in [0.5, 0.6) is 0 Å². The molecule has 3 fully saturated rings. The van der Waals surface area contributed by atoms with Crippen molar-refractivity contribution in [1.29, 1.82) is 0 Å². The summed E-state index contributed by atoms with van der Waals surface area (Å²) in [6.07, 6.45) is 5.33. The monoisotopic (exact) mass is 333 g/mol. The third-order valence-electron chi connectivity index (χ3n) is 6.27. The van der Waals surface area contributed by atoms with Gasteiger partial charge < -0.3 is 14.2 Å². The molecule has 0 radical (unpaired) electrons. The first-order valence-electron chi connectivity index (χ1n) is 9.54. The van der Waals surface area contributed by atoms with Gasteiger partial charge in [-0.2, -0.15) is 0 Å². The minimum Gasteiger partial charge on any atom is -0.381 e. The van der Waals surface area contributed by atoms with Crippen LogP contribution in [-0.2, 0) is 11.3 Å². The molecule has 4 rings (SSSR count). The van der Waals surface area contributed by atoms with Crippen molar-refractivity contribution in [3.63, 3.8) is 0 Å². The van der Waals surface area contributed by atoms with Gasteiger partial charge in [-0.05, 0) is 64.1 Å². The van der Waals surface area contributed by atoms with E-state index in [0.29, 0.717) is 11.3 Å². The summed E-state index contributed by atoms with van der Waals surface area (Å²) in [5, 5.41) is 4.14. The lowest BCUT2D eigenvalue weighted by Gasteiger charge is -2.42. The first-order valence-corrected chi connectivity index (χ1v) is 9.54. The highest BCUT2D eigenvalue weighted by Crippen LogP contribution is 2.44. The standard InChI is InChI=1S/C19H31N3O2/c1-15-9-18(20-24-15)11-22-7-5-19(6-8-22)14-21(2)10-17(19)13-23-12-16-3-4-16/h9,16-17H,3-8,10-14H2,1-2H3. The van der Waals surface area contributed by atoms with Gasteiger partial charge in [-0.25, -0.2) is 0 Å². The number of ether oxygens (including phenoxy) is 1. The topological polar surface area (TPSA) is 41.7 Å². The Morgan fingerprint density at radius 1 is 1.29 bits per heavy atom. The number of hydrogen-bond donors (Lipinski definition) is 0. The average molecular weight is 333 g/mol. The van der Waals surface area contributed by atoms with E-state index in [-0.39, 0.29) is 0 Å². The molecule has 3 aliphatic rings. The molecule has 1 aliphatic carbocycles. The highest BCUT2D eigenvalue weighted by Gasteiger charge is 2.47. The maximum absolute atomic E-state index is 6.08. The number of nitrogens with zero attached hydrogens (tertiary/aromatic N) is 3. The Morgan fingerprint density at radius 2 is 2.08 bits per heavy atom. The predicted molar refractivity (Wildman–Crippen MR) is 92.7 cm³/mol. The second-order valence-corrected chi connectivity index (χ2v) is 8.44. The Kier molecular flexibility index (Phi) is 4.67. The lowest BCUT2D eigenvalue weighted by atomic mass is 9.71. The highest BCUT2D eigenvalue weighted by molar-refractivity contribution is 5.05. The zero-order valence-corrected chi connectivity index (χ0v) is 15.2. The van der Waals surface area contributed by atoms with Gasteiger partial charge in [-0.15, -0.1) is 0 Å². The van der Waals surface area contributed by atoms with Crippen molar-refractivity contribution >= 4 is 0 Å². The minimum absolute atomic E-state index is 0.467. The molecule has 0 amide bonds. The smallest absolute Gasteiger partial charge is 0.133 e. The normalized spacial score (nSPS) is 28.0. The summed E-state index contributed by atoms with van der Waals surface area (Å²) >= 11 is 0. The van der Waals surface area contributed by atoms with Crippen LogP contribution < -0.4 is 0 Å². The van der Waals surface area contributed by atoms with Crippen molar-refractivity contribution in [2.75, 3.05) is 46.4 Å². The van der Waals surface area contributed by atoms with Crippen molar-refractivity contribution < 1.29 is 9.26 Å². The molecule has 1 saturated carbocycles. The molecule has 3 heterocycles. The van der Waals surface area contributed by atoms with Crippen LogP contribution >= 0.6 is 0 Å². The fourth-order valence-electron chi connectivity index (χ4n) is 4.64. The largest absolute Gasteiger partial charge is 0.381 e. The second kappa shape index (κ2) is 6.77. The fraction of sp³-hybridized carbons (Fsp3) is 0.842. The minimum atomic E-state index is 0.467. The van der Waals surface area contributed by atoms with Gasteiger partial charge in [0.25, 0.3) is 0 Å². The molecule has 5 nitrogen and oxygen atoms in total. The zero-order valence-electron chi connectivity index (χ0n) is 15.2. The molecular formula is C19H31N3O2. The molecule has 134 valence electrons. The van der Waals surface area contributed by atoms with Crippen LogP contribution in [0.1, 0.15) is 37.1 Å². The molecule has 5 heteroatoms. The maximum Gasteiger partial charge on any atom is 0.133 e. The number of likely N-dealkylation sites (tertiary alicyclic amines) is 2. The SMILES string of the molecule is Cc1cc(CN2CCC3(CC2)CN(C)CC3COCC2CC2)no1. The number of hydrogen-bond acceptors (Lipinski definition) is 5. The van der Waals surface area contributed by atoms with E-state index in [4.69, 9.17) is 9.26 Å². The van der Waals surface area contributed by atoms with Crippen LogP contribution in [-0.4, -0.2) is 61.4 Å². The van der Waals surface area contributed by atoms with Crippen molar-refractivity contribution in [2.45, 2.75) is 39.2 Å². The summed E-state index contributed by atoms with van der Waals surface area (Å²) in [5.41, 5.74) is 1.53. The number of rotatable bonds is 6. The van der Waals surface area contributed by atoms with E-state index in [1.54, 1.807) is 0 Å². The van der Waals surface area contributed by atoms with Gasteiger partial charge in [-0.3, -0.25) is 4.90 Å². The quantitative estimate of drug-likeness (QED) is 0.800. The third kappa shape index (κ3) is 3.68. The summed E-state index contributed by atoms with van der Waals surface area (Å²) in [5.74, 6) is 2.48. The molecule has 0 bridgehead atoms. The lowest BCUT2D eigenvalue weighted by molar-refractivity contribution is 0.0163. The Morgan fingerprint density at radius 3 is 2.75 bits per heavy atom. The van der Waals surface area contributed by atoms with Gasteiger partial charge in [0.2, 0.25) is 0 Å². The first kappa shape index (κ1) is 16.6. The Bertz CT molecular complexity index is 547. The van der Waals surface area contributed by atoms with Crippen molar-refractivity contribution in [3.05, 3.63) is 17.5 Å². The fourth-order valence-corrected chi connectivity index (χ4v) is 4.64. The molecule has 1 spiro atoms. The van der Waals surface area contributed by atoms with Crippen LogP contribution in [0.3, 0.4) is 0 Å². The third-order valence-corrected chi connectivity index (χ3v) is 6.27. The molecular weight excluding hydrogens is 302 g/mol. The Hall–Kier alpha value is -0.910. The van der Waals surface area contributed by atoms with Gasteiger partial charge in [0.1, 0.15) is 5.76 Å². The Labute approximate surface area is 145 Å². The summed E-state index contributed by atoms with van der Waals surface area (Å²) < 4.78 is 11.3. The van der Waals surface area contributed by atoms with Gasteiger partial charge in [0.05, 0.1) is 12.3 Å². The molecule has 2 saturated heterocycles. The molecule has 1 unspecified atom stereocenters. The molecule has 0 aromatic carbocycles. The molecule has 0 N–H and O–H groups in total. The number of aryl methyl sites for hydroxylation is 1. The van der Waals surface area contributed by atoms with Crippen LogP contribution in [0.4, 0.5) is 0 Å². The average Bonchev–Trinajstić information content (AvgIpc) is 3.21. The van der Waals surface area contributed by atoms with E-state index in [2.05, 4.69) is 28.1 Å². The van der Waals surface area contributed by atoms with E-state index in [9.17, 15) is 0 Å². The summed E-state index contributed by atoms with van der Waals surface area (Å²) in [6.45, 7) is 9.61. The molecule has 24 heavy (non-hydrogen) atoms. The number of piperidine rings is 1. The van der Waals surface area contributed by atoms with Gasteiger partial charge >= 0.3 is 0 Å². The second-order valence-electron chi connectivity index (χ2n) is 8.44. The van der Waals surface area contributed by atoms with Crippen LogP contribution in [0.15, 0.2) is 10.6 Å². The van der Waals surface area contributed by atoms with Gasteiger partial charge in [0.15, 0.2) is 0 Å². The van der Waals surface area contributed by atoms with E-state index >= 15 is 0 Å². The van der Waals surface area contributed by atoms with Crippen LogP contribution in [0.2, 0.25) is 0 Å². The van der Waals surface area contributed by atoms with Crippen LogP contribution in [0, 0.1) is 24.2 Å². The van der Waals surface area contributed by atoms with Crippen molar-refractivity contribution in [2.24, 2.45) is 17.3 Å². The Balaban J connectivity index is 1.31. The summed E-state index contributed by atoms with van der Waals surface area (Å²) in [7, 11) is 2.27. The molecule has 1 atom stereocenters. The van der Waals surface area contributed by atoms with E-state index in [1.807, 2.05) is 6.92 Å². The van der Waals surface area contributed by atoms with E-state index in [0.717, 1.165) is 37.1 Å². The van der Waals surface area contributed by atoms with Crippen LogP contribution in [0.25, 0.3) is 0 Å². The molecule has 1 aromatic heterocycles. The van der Waals surface area contributed by atoms with Gasteiger partial charge in [-0.1, -0.05) is 5.16 Å². The zero-order chi connectivity index (χ0) is 16.6. The number of aromatic nitrogens is 1. The van der Waals surface area contributed by atoms with Gasteiger partial charge in [0, 0.05) is 38.2 Å². The molecule has 1 aromatic rings. The predicted octanol–water partition coefficient (Wildman–Crippen LogP) is 2.55. The lowest BCUT2D eigenvalue weighted by Crippen LogP contribution is -2.45. The molecule has 2 aliphatic heterocycles. The highest BCUT2D eigenvalue weighted by atomic mass is 16.5. The maximum atomic E-state index is 6.08. The van der Waals surface area contributed by atoms with E-state index in [1.165, 1.54) is 51.9 Å².